The van der Waals surface area contributed by atoms with Gasteiger partial charge in [-0.15, -0.1) is 0 Å². The number of hydrogen-bond donors (Lipinski definition) is 3. The number of aliphatic carboxylic acids is 1. The van der Waals surface area contributed by atoms with E-state index >= 15 is 0 Å². The van der Waals surface area contributed by atoms with Crippen LogP contribution >= 0.6 is 0 Å². The zero-order chi connectivity index (χ0) is 10.1. The third-order valence-electron chi connectivity index (χ3n) is 1.89. The SMILES string of the molecule is CCCCNCCC[C@@H](N)C(=O)O. The molecule has 4 nitrogen and oxygen atoms in total. The van der Waals surface area contributed by atoms with Gasteiger partial charge in [-0.2, -0.15) is 0 Å². The molecule has 0 aliphatic rings. The highest BCUT2D eigenvalue weighted by Gasteiger charge is 2.09. The minimum atomic E-state index is -0.909. The Labute approximate surface area is 79.5 Å². The first-order valence-corrected chi connectivity index (χ1v) is 4.87. The molecule has 0 aliphatic carbocycles. The average Bonchev–Trinajstić information content (AvgIpc) is 2.10. The summed E-state index contributed by atoms with van der Waals surface area (Å²) in [6, 6.07) is -0.701. The standard InChI is InChI=1S/C9H20N2O2/c1-2-3-6-11-7-4-5-8(10)9(12)13/h8,11H,2-7,10H2,1H3,(H,12,13)/t8-/m1/s1. The van der Waals surface area contributed by atoms with Crippen LogP contribution in [0.2, 0.25) is 0 Å². The number of hydrogen-bond acceptors (Lipinski definition) is 3. The number of carboxylic acid groups (broad SMARTS) is 1. The van der Waals surface area contributed by atoms with Crippen LogP contribution < -0.4 is 11.1 Å². The number of rotatable bonds is 8. The number of nitrogens with two attached hydrogens (primary N) is 1. The van der Waals surface area contributed by atoms with Crippen LogP contribution in [0.1, 0.15) is 32.6 Å². The lowest BCUT2D eigenvalue weighted by Crippen LogP contribution is -2.31. The normalized spacial score (nSPS) is 12.8. The zero-order valence-electron chi connectivity index (χ0n) is 8.25. The van der Waals surface area contributed by atoms with Gasteiger partial charge in [0.25, 0.3) is 0 Å². The molecular formula is C9H20N2O2. The Balaban J connectivity index is 3.11. The van der Waals surface area contributed by atoms with Crippen molar-refractivity contribution < 1.29 is 9.90 Å². The van der Waals surface area contributed by atoms with Crippen LogP contribution in [0.5, 0.6) is 0 Å². The molecule has 4 N–H and O–H groups in total. The molecule has 0 unspecified atom stereocenters. The van der Waals surface area contributed by atoms with Crippen LogP contribution in [-0.4, -0.2) is 30.2 Å². The minimum Gasteiger partial charge on any atom is -0.480 e. The van der Waals surface area contributed by atoms with Crippen molar-refractivity contribution in [3.8, 4) is 0 Å². The van der Waals surface area contributed by atoms with Crippen molar-refractivity contribution in [2.24, 2.45) is 5.73 Å². The van der Waals surface area contributed by atoms with E-state index in [-0.39, 0.29) is 0 Å². The Hall–Kier alpha value is -0.610. The van der Waals surface area contributed by atoms with Gasteiger partial charge in [-0.1, -0.05) is 13.3 Å². The van der Waals surface area contributed by atoms with E-state index in [1.54, 1.807) is 0 Å². The summed E-state index contributed by atoms with van der Waals surface area (Å²) in [5.41, 5.74) is 5.33. The van der Waals surface area contributed by atoms with Crippen molar-refractivity contribution in [2.75, 3.05) is 13.1 Å². The third-order valence-corrected chi connectivity index (χ3v) is 1.89. The molecule has 4 heteroatoms. The molecular weight excluding hydrogens is 168 g/mol. The van der Waals surface area contributed by atoms with Gasteiger partial charge in [0.05, 0.1) is 0 Å². The predicted octanol–water partition coefficient (Wildman–Crippen LogP) is 0.568. The lowest BCUT2D eigenvalue weighted by Gasteiger charge is -2.06. The quantitative estimate of drug-likeness (QED) is 0.487. The van der Waals surface area contributed by atoms with Crippen molar-refractivity contribution in [2.45, 2.75) is 38.6 Å². The van der Waals surface area contributed by atoms with Gasteiger partial charge in [0.1, 0.15) is 6.04 Å². The molecule has 0 bridgehead atoms. The molecule has 1 atom stereocenters. The maximum atomic E-state index is 10.3. The molecule has 0 radical (unpaired) electrons. The predicted molar refractivity (Wildman–Crippen MR) is 52.6 cm³/mol. The summed E-state index contributed by atoms with van der Waals surface area (Å²) in [4.78, 5) is 10.3. The molecule has 0 rings (SSSR count). The van der Waals surface area contributed by atoms with Gasteiger partial charge < -0.3 is 16.2 Å². The second-order valence-electron chi connectivity index (χ2n) is 3.19. The maximum Gasteiger partial charge on any atom is 0.320 e. The highest BCUT2D eigenvalue weighted by molar-refractivity contribution is 5.72. The largest absolute Gasteiger partial charge is 0.480 e. The smallest absolute Gasteiger partial charge is 0.320 e. The number of nitrogens with one attached hydrogen (secondary N) is 1. The Bertz CT molecular complexity index is 140. The Morgan fingerprint density at radius 3 is 2.62 bits per heavy atom. The maximum absolute atomic E-state index is 10.3. The van der Waals surface area contributed by atoms with E-state index in [0.29, 0.717) is 6.42 Å². The summed E-state index contributed by atoms with van der Waals surface area (Å²) >= 11 is 0. The van der Waals surface area contributed by atoms with E-state index < -0.39 is 12.0 Å². The summed E-state index contributed by atoms with van der Waals surface area (Å²) in [7, 11) is 0. The van der Waals surface area contributed by atoms with Crippen molar-refractivity contribution in [1.82, 2.24) is 5.32 Å². The van der Waals surface area contributed by atoms with Gasteiger partial charge in [-0.05, 0) is 32.4 Å². The summed E-state index contributed by atoms with van der Waals surface area (Å²) in [6.45, 7) is 4.02. The summed E-state index contributed by atoms with van der Waals surface area (Å²) in [5, 5.41) is 11.7. The third kappa shape index (κ3) is 7.74. The Morgan fingerprint density at radius 2 is 2.08 bits per heavy atom. The second kappa shape index (κ2) is 8.01. The first kappa shape index (κ1) is 12.4. The number of carboxylic acids is 1. The van der Waals surface area contributed by atoms with Gasteiger partial charge in [0.2, 0.25) is 0 Å². The van der Waals surface area contributed by atoms with Gasteiger partial charge in [-0.3, -0.25) is 4.79 Å². The zero-order valence-corrected chi connectivity index (χ0v) is 8.25. The summed E-state index contributed by atoms with van der Waals surface area (Å²) < 4.78 is 0. The molecule has 0 heterocycles. The van der Waals surface area contributed by atoms with E-state index in [4.69, 9.17) is 10.8 Å². The van der Waals surface area contributed by atoms with Crippen molar-refractivity contribution >= 4 is 5.97 Å². The first-order valence-electron chi connectivity index (χ1n) is 4.87. The molecule has 0 spiro atoms. The highest BCUT2D eigenvalue weighted by atomic mass is 16.4. The second-order valence-corrected chi connectivity index (χ2v) is 3.19. The first-order chi connectivity index (χ1) is 6.18. The number of unbranched alkanes of at least 4 members (excludes halogenated alkanes) is 1. The fraction of sp³-hybridized carbons (Fsp3) is 0.889. The van der Waals surface area contributed by atoms with E-state index in [0.717, 1.165) is 19.5 Å². The summed E-state index contributed by atoms with van der Waals surface area (Å²) in [6.07, 6.45) is 3.73. The molecule has 0 aromatic heterocycles. The van der Waals surface area contributed by atoms with Crippen LogP contribution in [0.4, 0.5) is 0 Å². The molecule has 0 fully saturated rings. The molecule has 78 valence electrons. The fourth-order valence-electron chi connectivity index (χ4n) is 0.997. The highest BCUT2D eigenvalue weighted by Crippen LogP contribution is 1.93. The van der Waals surface area contributed by atoms with E-state index in [2.05, 4.69) is 12.2 Å². The average molecular weight is 188 g/mol. The van der Waals surface area contributed by atoms with Gasteiger partial charge in [-0.25, -0.2) is 0 Å². The topological polar surface area (TPSA) is 75.3 Å². The molecule has 0 aromatic rings. The van der Waals surface area contributed by atoms with Crippen LogP contribution in [0.3, 0.4) is 0 Å². The van der Waals surface area contributed by atoms with E-state index in [1.165, 1.54) is 12.8 Å². The van der Waals surface area contributed by atoms with Crippen LogP contribution in [0.15, 0.2) is 0 Å². The monoisotopic (exact) mass is 188 g/mol. The van der Waals surface area contributed by atoms with E-state index in [1.807, 2.05) is 0 Å². The molecule has 0 amide bonds. The van der Waals surface area contributed by atoms with Crippen molar-refractivity contribution in [3.05, 3.63) is 0 Å². The number of carbonyl (C=O) groups is 1. The molecule has 0 saturated heterocycles. The minimum absolute atomic E-state index is 0.550. The summed E-state index contributed by atoms with van der Waals surface area (Å²) in [5.74, 6) is -0.909. The van der Waals surface area contributed by atoms with Crippen LogP contribution in [-0.2, 0) is 4.79 Å². The Kier molecular flexibility index (Phi) is 7.63. The fourth-order valence-corrected chi connectivity index (χ4v) is 0.997. The molecule has 0 aliphatic heterocycles. The van der Waals surface area contributed by atoms with Gasteiger partial charge in [0.15, 0.2) is 0 Å². The van der Waals surface area contributed by atoms with Crippen molar-refractivity contribution in [3.63, 3.8) is 0 Å². The molecule has 0 aromatic carbocycles. The lowest BCUT2D eigenvalue weighted by molar-refractivity contribution is -0.138. The van der Waals surface area contributed by atoms with Gasteiger partial charge in [0, 0.05) is 0 Å². The molecule has 0 saturated carbocycles. The molecule has 13 heavy (non-hydrogen) atoms. The Morgan fingerprint density at radius 1 is 1.46 bits per heavy atom. The van der Waals surface area contributed by atoms with Crippen LogP contribution in [0, 0.1) is 0 Å². The van der Waals surface area contributed by atoms with E-state index in [9.17, 15) is 4.79 Å². The lowest BCUT2D eigenvalue weighted by atomic mass is 10.2. The van der Waals surface area contributed by atoms with Crippen LogP contribution in [0.25, 0.3) is 0 Å². The van der Waals surface area contributed by atoms with Gasteiger partial charge >= 0.3 is 5.97 Å². The van der Waals surface area contributed by atoms with Crippen molar-refractivity contribution in [1.29, 1.82) is 0 Å².